The Morgan fingerprint density at radius 1 is 1.09 bits per heavy atom. The summed E-state index contributed by atoms with van der Waals surface area (Å²) in [6, 6.07) is 11.8. The van der Waals surface area contributed by atoms with E-state index in [2.05, 4.69) is 10.6 Å². The minimum absolute atomic E-state index is 0.104. The van der Waals surface area contributed by atoms with E-state index in [-0.39, 0.29) is 12.1 Å². The predicted molar refractivity (Wildman–Crippen MR) is 92.9 cm³/mol. The van der Waals surface area contributed by atoms with Gasteiger partial charge in [0, 0.05) is 10.7 Å². The Balaban J connectivity index is 2.01. The van der Waals surface area contributed by atoms with E-state index in [9.17, 15) is 4.79 Å². The molecule has 23 heavy (non-hydrogen) atoms. The third kappa shape index (κ3) is 5.07. The fourth-order valence-electron chi connectivity index (χ4n) is 1.95. The van der Waals surface area contributed by atoms with Crippen LogP contribution >= 0.6 is 11.6 Å². The number of ether oxygens (including phenoxy) is 2. The summed E-state index contributed by atoms with van der Waals surface area (Å²) in [7, 11) is 1.53. The molecule has 0 aliphatic heterocycles. The molecule has 0 aliphatic rings. The number of nitrogens with one attached hydrogen (secondary N) is 2. The molecule has 122 valence electrons. The Hall–Kier alpha value is -2.40. The van der Waals surface area contributed by atoms with Crippen molar-refractivity contribution in [3.63, 3.8) is 0 Å². The van der Waals surface area contributed by atoms with Gasteiger partial charge >= 0.3 is 6.03 Å². The average molecular weight is 335 g/mol. The number of hydrogen-bond acceptors (Lipinski definition) is 3. The lowest BCUT2D eigenvalue weighted by Gasteiger charge is -2.12. The fourth-order valence-corrected chi connectivity index (χ4v) is 2.12. The van der Waals surface area contributed by atoms with Crippen LogP contribution in [0.4, 0.5) is 16.2 Å². The van der Waals surface area contributed by atoms with E-state index >= 15 is 0 Å². The first kappa shape index (κ1) is 17.0. The smallest absolute Gasteiger partial charge is 0.323 e. The molecule has 2 aromatic rings. The van der Waals surface area contributed by atoms with Crippen LogP contribution in [0.15, 0.2) is 42.5 Å². The van der Waals surface area contributed by atoms with Gasteiger partial charge in [0.05, 0.1) is 18.9 Å². The molecule has 0 bridgehead atoms. The van der Waals surface area contributed by atoms with Crippen molar-refractivity contribution in [3.05, 3.63) is 47.5 Å². The highest BCUT2D eigenvalue weighted by atomic mass is 35.5. The predicted octanol–water partition coefficient (Wildman–Crippen LogP) is 4.78. The van der Waals surface area contributed by atoms with E-state index in [0.29, 0.717) is 22.1 Å². The molecule has 0 aromatic heterocycles. The van der Waals surface area contributed by atoms with Crippen LogP contribution in [0.25, 0.3) is 0 Å². The second-order valence-electron chi connectivity index (χ2n) is 5.11. The average Bonchev–Trinajstić information content (AvgIpc) is 2.49. The van der Waals surface area contributed by atoms with Crippen LogP contribution in [-0.4, -0.2) is 19.2 Å². The Morgan fingerprint density at radius 2 is 1.78 bits per heavy atom. The van der Waals surface area contributed by atoms with E-state index in [1.165, 1.54) is 7.11 Å². The standard InChI is InChI=1S/C17H19ClN2O3/c1-11(2)23-14-7-5-13(6-8-14)19-17(21)20-15-10-12(18)4-9-16(15)22-3/h4-11H,1-3H3,(H2,19,20,21). The Morgan fingerprint density at radius 3 is 2.39 bits per heavy atom. The number of methoxy groups -OCH3 is 1. The highest BCUT2D eigenvalue weighted by Crippen LogP contribution is 2.27. The normalized spacial score (nSPS) is 10.3. The van der Waals surface area contributed by atoms with Crippen molar-refractivity contribution in [1.29, 1.82) is 0 Å². The number of halogens is 1. The Labute approximate surface area is 140 Å². The second kappa shape index (κ2) is 7.74. The minimum Gasteiger partial charge on any atom is -0.495 e. The van der Waals surface area contributed by atoms with Crippen molar-refractivity contribution < 1.29 is 14.3 Å². The summed E-state index contributed by atoms with van der Waals surface area (Å²) in [6.07, 6.45) is 0.104. The van der Waals surface area contributed by atoms with Crippen LogP contribution in [0.3, 0.4) is 0 Å². The molecule has 0 radical (unpaired) electrons. The van der Waals surface area contributed by atoms with Crippen LogP contribution in [0.5, 0.6) is 11.5 Å². The monoisotopic (exact) mass is 334 g/mol. The van der Waals surface area contributed by atoms with Gasteiger partial charge in [-0.3, -0.25) is 0 Å². The zero-order valence-corrected chi connectivity index (χ0v) is 14.0. The number of urea groups is 1. The van der Waals surface area contributed by atoms with Crippen LogP contribution in [0, 0.1) is 0 Å². The van der Waals surface area contributed by atoms with Crippen molar-refractivity contribution in [2.45, 2.75) is 20.0 Å². The summed E-state index contributed by atoms with van der Waals surface area (Å²) in [5, 5.41) is 5.95. The van der Waals surface area contributed by atoms with E-state index in [1.54, 1.807) is 42.5 Å². The molecule has 0 unspecified atom stereocenters. The van der Waals surface area contributed by atoms with Crippen molar-refractivity contribution in [1.82, 2.24) is 0 Å². The Bertz CT molecular complexity index is 672. The summed E-state index contributed by atoms with van der Waals surface area (Å²) in [5.74, 6) is 1.28. The molecule has 0 fully saturated rings. The minimum atomic E-state index is -0.386. The molecule has 2 amide bonds. The zero-order valence-electron chi connectivity index (χ0n) is 13.2. The van der Waals surface area contributed by atoms with Crippen LogP contribution in [-0.2, 0) is 0 Å². The maximum Gasteiger partial charge on any atom is 0.323 e. The first-order valence-corrected chi connectivity index (χ1v) is 7.54. The van der Waals surface area contributed by atoms with E-state index < -0.39 is 0 Å². The van der Waals surface area contributed by atoms with Gasteiger partial charge in [0.15, 0.2) is 0 Å². The molecule has 0 heterocycles. The second-order valence-corrected chi connectivity index (χ2v) is 5.55. The lowest BCUT2D eigenvalue weighted by Crippen LogP contribution is -2.19. The lowest BCUT2D eigenvalue weighted by molar-refractivity contribution is 0.242. The van der Waals surface area contributed by atoms with Gasteiger partial charge in [0.2, 0.25) is 0 Å². The van der Waals surface area contributed by atoms with Crippen LogP contribution < -0.4 is 20.1 Å². The topological polar surface area (TPSA) is 59.6 Å². The third-order valence-electron chi connectivity index (χ3n) is 2.89. The number of amides is 2. The number of carbonyl (C=O) groups is 1. The summed E-state index contributed by atoms with van der Waals surface area (Å²) >= 11 is 5.94. The molecule has 2 aromatic carbocycles. The van der Waals surface area contributed by atoms with Gasteiger partial charge in [0.25, 0.3) is 0 Å². The number of anilines is 2. The number of carbonyl (C=O) groups excluding carboxylic acids is 1. The summed E-state index contributed by atoms with van der Waals surface area (Å²) in [4.78, 5) is 12.1. The third-order valence-corrected chi connectivity index (χ3v) is 3.13. The van der Waals surface area contributed by atoms with E-state index in [4.69, 9.17) is 21.1 Å². The molecule has 0 saturated heterocycles. The number of hydrogen-bond donors (Lipinski definition) is 2. The molecule has 0 aliphatic carbocycles. The molecule has 2 rings (SSSR count). The summed E-state index contributed by atoms with van der Waals surface area (Å²) in [5.41, 5.74) is 1.15. The van der Waals surface area contributed by atoms with Gasteiger partial charge in [-0.25, -0.2) is 4.79 Å². The van der Waals surface area contributed by atoms with Gasteiger partial charge in [-0.15, -0.1) is 0 Å². The SMILES string of the molecule is COc1ccc(Cl)cc1NC(=O)Nc1ccc(OC(C)C)cc1. The molecule has 6 heteroatoms. The Kier molecular flexibility index (Phi) is 5.71. The molecule has 5 nitrogen and oxygen atoms in total. The van der Waals surface area contributed by atoms with Crippen molar-refractivity contribution >= 4 is 29.0 Å². The fraction of sp³-hybridized carbons (Fsp3) is 0.235. The molecule has 0 atom stereocenters. The van der Waals surface area contributed by atoms with Crippen molar-refractivity contribution in [3.8, 4) is 11.5 Å². The quantitative estimate of drug-likeness (QED) is 0.827. The first-order valence-electron chi connectivity index (χ1n) is 7.16. The molecular formula is C17H19ClN2O3. The summed E-state index contributed by atoms with van der Waals surface area (Å²) in [6.45, 7) is 3.91. The maximum absolute atomic E-state index is 12.1. The van der Waals surface area contributed by atoms with Gasteiger partial charge in [0.1, 0.15) is 11.5 Å². The van der Waals surface area contributed by atoms with Gasteiger partial charge < -0.3 is 20.1 Å². The van der Waals surface area contributed by atoms with Crippen LogP contribution in [0.2, 0.25) is 5.02 Å². The van der Waals surface area contributed by atoms with Crippen molar-refractivity contribution in [2.75, 3.05) is 17.7 Å². The largest absolute Gasteiger partial charge is 0.495 e. The zero-order chi connectivity index (χ0) is 16.8. The summed E-state index contributed by atoms with van der Waals surface area (Å²) < 4.78 is 10.7. The molecule has 0 spiro atoms. The molecule has 2 N–H and O–H groups in total. The van der Waals surface area contributed by atoms with Crippen LogP contribution in [0.1, 0.15) is 13.8 Å². The van der Waals surface area contributed by atoms with Gasteiger partial charge in [-0.05, 0) is 56.3 Å². The highest BCUT2D eigenvalue weighted by Gasteiger charge is 2.08. The maximum atomic E-state index is 12.1. The molecule has 0 saturated carbocycles. The molecular weight excluding hydrogens is 316 g/mol. The van der Waals surface area contributed by atoms with Gasteiger partial charge in [-0.1, -0.05) is 11.6 Å². The highest BCUT2D eigenvalue weighted by molar-refractivity contribution is 6.31. The van der Waals surface area contributed by atoms with E-state index in [1.807, 2.05) is 13.8 Å². The lowest BCUT2D eigenvalue weighted by atomic mass is 10.3. The first-order chi connectivity index (χ1) is 11.0. The number of rotatable bonds is 5. The van der Waals surface area contributed by atoms with Gasteiger partial charge in [-0.2, -0.15) is 0 Å². The number of benzene rings is 2. The van der Waals surface area contributed by atoms with Crippen molar-refractivity contribution in [2.24, 2.45) is 0 Å². The van der Waals surface area contributed by atoms with E-state index in [0.717, 1.165) is 5.75 Å².